The van der Waals surface area contributed by atoms with Gasteiger partial charge in [0.25, 0.3) is 0 Å². The van der Waals surface area contributed by atoms with Crippen LogP contribution in [0.5, 0.6) is 0 Å². The predicted octanol–water partition coefficient (Wildman–Crippen LogP) is 3.18. The van der Waals surface area contributed by atoms with E-state index in [0.29, 0.717) is 11.2 Å². The molecule has 0 radical (unpaired) electrons. The molecule has 0 spiro atoms. The maximum Gasteiger partial charge on any atom is 0.223 e. The van der Waals surface area contributed by atoms with Gasteiger partial charge in [0.15, 0.2) is 0 Å². The lowest BCUT2D eigenvalue weighted by molar-refractivity contribution is 0.0797. The molecule has 3 nitrogen and oxygen atoms in total. The van der Waals surface area contributed by atoms with Crippen LogP contribution in [0.3, 0.4) is 0 Å². The predicted molar refractivity (Wildman–Crippen MR) is 67.3 cm³/mol. The third kappa shape index (κ3) is 2.13. The monoisotopic (exact) mass is 248 g/mol. The Bertz CT molecular complexity index is 538. The summed E-state index contributed by atoms with van der Waals surface area (Å²) in [7, 11) is 0. The highest BCUT2D eigenvalue weighted by atomic mass is 35.5. The summed E-state index contributed by atoms with van der Waals surface area (Å²) in [5.41, 5.74) is 1.94. The van der Waals surface area contributed by atoms with Gasteiger partial charge in [0.05, 0.1) is 17.8 Å². The van der Waals surface area contributed by atoms with E-state index in [4.69, 9.17) is 16.3 Å². The minimum absolute atomic E-state index is 0.323. The molecule has 0 saturated carbocycles. The van der Waals surface area contributed by atoms with Crippen molar-refractivity contribution in [1.29, 1.82) is 0 Å². The summed E-state index contributed by atoms with van der Waals surface area (Å²) < 4.78 is 5.52. The topological polar surface area (TPSA) is 35.0 Å². The van der Waals surface area contributed by atoms with Crippen molar-refractivity contribution in [1.82, 2.24) is 9.97 Å². The van der Waals surface area contributed by atoms with Crippen molar-refractivity contribution in [2.24, 2.45) is 0 Å². The molecule has 1 aliphatic heterocycles. The quantitative estimate of drug-likeness (QED) is 0.727. The third-order valence-electron chi connectivity index (χ3n) is 3.15. The number of fused-ring (bicyclic) bond motifs is 1. The van der Waals surface area contributed by atoms with E-state index in [9.17, 15) is 0 Å². The van der Waals surface area contributed by atoms with Crippen LogP contribution in [-0.4, -0.2) is 23.2 Å². The fourth-order valence-corrected chi connectivity index (χ4v) is 2.52. The number of aromatic nitrogens is 2. The Balaban J connectivity index is 2.13. The van der Waals surface area contributed by atoms with Crippen LogP contribution in [0.4, 0.5) is 0 Å². The van der Waals surface area contributed by atoms with Gasteiger partial charge in [0.1, 0.15) is 0 Å². The smallest absolute Gasteiger partial charge is 0.223 e. The van der Waals surface area contributed by atoms with Gasteiger partial charge in [-0.15, -0.1) is 0 Å². The first kappa shape index (κ1) is 10.9. The van der Waals surface area contributed by atoms with Gasteiger partial charge in [-0.2, -0.15) is 0 Å². The molecule has 17 heavy (non-hydrogen) atoms. The fraction of sp³-hybridized carbons (Fsp3) is 0.385. The highest BCUT2D eigenvalue weighted by Gasteiger charge is 2.20. The maximum absolute atomic E-state index is 5.98. The molecule has 1 atom stereocenters. The molecule has 4 heteroatoms. The molecule has 88 valence electrons. The summed E-state index contributed by atoms with van der Waals surface area (Å²) in [5, 5.41) is 1.41. The van der Waals surface area contributed by atoms with E-state index < -0.39 is 0 Å². The second kappa shape index (κ2) is 4.59. The molecule has 3 rings (SSSR count). The zero-order valence-electron chi connectivity index (χ0n) is 9.40. The summed E-state index contributed by atoms with van der Waals surface area (Å²) in [5.74, 6) is 0.342. The molecule has 2 heterocycles. The maximum atomic E-state index is 5.98. The number of halogens is 1. The van der Waals surface area contributed by atoms with Crippen molar-refractivity contribution >= 4 is 22.5 Å². The molecule has 1 unspecified atom stereocenters. The molecule has 0 N–H and O–H groups in total. The van der Waals surface area contributed by atoms with Gasteiger partial charge < -0.3 is 4.74 Å². The molecule has 1 saturated heterocycles. The number of rotatable bonds is 1. The average Bonchev–Trinajstić information content (AvgIpc) is 2.39. The lowest BCUT2D eigenvalue weighted by atomic mass is 9.95. The second-order valence-electron chi connectivity index (χ2n) is 4.31. The molecule has 0 aliphatic carbocycles. The Morgan fingerprint density at radius 1 is 1.24 bits per heavy atom. The molecule has 1 aliphatic rings. The second-order valence-corrected chi connectivity index (χ2v) is 4.65. The minimum atomic E-state index is 0.323. The van der Waals surface area contributed by atoms with E-state index in [1.54, 1.807) is 0 Å². The van der Waals surface area contributed by atoms with Crippen molar-refractivity contribution < 1.29 is 4.74 Å². The Morgan fingerprint density at radius 3 is 2.94 bits per heavy atom. The molecule has 1 fully saturated rings. The zero-order chi connectivity index (χ0) is 11.7. The summed E-state index contributed by atoms with van der Waals surface area (Å²) in [4.78, 5) is 8.64. The van der Waals surface area contributed by atoms with Crippen LogP contribution >= 0.6 is 11.6 Å². The van der Waals surface area contributed by atoms with E-state index in [2.05, 4.69) is 16.0 Å². The Morgan fingerprint density at radius 2 is 2.12 bits per heavy atom. The van der Waals surface area contributed by atoms with Crippen LogP contribution < -0.4 is 0 Å². The van der Waals surface area contributed by atoms with Gasteiger partial charge in [0, 0.05) is 17.9 Å². The Hall–Kier alpha value is -1.19. The van der Waals surface area contributed by atoms with Crippen LogP contribution in [0, 0.1) is 0 Å². The number of hydrogen-bond donors (Lipinski definition) is 0. The first-order valence-electron chi connectivity index (χ1n) is 5.84. The van der Waals surface area contributed by atoms with E-state index in [1.807, 2.05) is 18.2 Å². The van der Waals surface area contributed by atoms with Crippen LogP contribution in [0.1, 0.15) is 24.5 Å². The first-order chi connectivity index (χ1) is 8.34. The van der Waals surface area contributed by atoms with Crippen LogP contribution in [-0.2, 0) is 4.74 Å². The minimum Gasteiger partial charge on any atom is -0.381 e. The lowest BCUT2D eigenvalue weighted by Gasteiger charge is -2.22. The largest absolute Gasteiger partial charge is 0.381 e. The van der Waals surface area contributed by atoms with Crippen molar-refractivity contribution in [2.75, 3.05) is 13.2 Å². The van der Waals surface area contributed by atoms with E-state index in [0.717, 1.165) is 42.7 Å². The number of nitrogens with zero attached hydrogens (tertiary/aromatic N) is 2. The summed E-state index contributed by atoms with van der Waals surface area (Å²) in [6, 6.07) is 7.99. The first-order valence-corrected chi connectivity index (χ1v) is 6.22. The van der Waals surface area contributed by atoms with Crippen LogP contribution in [0.15, 0.2) is 24.3 Å². The summed E-state index contributed by atoms with van der Waals surface area (Å²) in [6.45, 7) is 1.59. The van der Waals surface area contributed by atoms with Gasteiger partial charge in [-0.1, -0.05) is 18.2 Å². The molecular formula is C13H13ClN2O. The summed E-state index contributed by atoms with van der Waals surface area (Å²) in [6.07, 6.45) is 2.19. The van der Waals surface area contributed by atoms with Gasteiger partial charge >= 0.3 is 0 Å². The van der Waals surface area contributed by atoms with Gasteiger partial charge in [-0.3, -0.25) is 0 Å². The highest BCUT2D eigenvalue weighted by Crippen LogP contribution is 2.29. The fourth-order valence-electron chi connectivity index (χ4n) is 2.34. The highest BCUT2D eigenvalue weighted by molar-refractivity contribution is 6.28. The molecule has 0 bridgehead atoms. The van der Waals surface area contributed by atoms with Gasteiger partial charge in [0.2, 0.25) is 5.28 Å². The molecule has 1 aromatic heterocycles. The molecule has 0 amide bonds. The van der Waals surface area contributed by atoms with Crippen molar-refractivity contribution in [3.8, 4) is 0 Å². The molecular weight excluding hydrogens is 236 g/mol. The molecule has 1 aromatic carbocycles. The number of ether oxygens (including phenoxy) is 1. The normalized spacial score (nSPS) is 20.6. The molecule has 2 aromatic rings. The van der Waals surface area contributed by atoms with E-state index >= 15 is 0 Å². The van der Waals surface area contributed by atoms with E-state index in [-0.39, 0.29) is 0 Å². The Kier molecular flexibility index (Phi) is 2.95. The number of benzene rings is 1. The van der Waals surface area contributed by atoms with Gasteiger partial charge in [-0.05, 0) is 30.5 Å². The Labute approximate surface area is 105 Å². The van der Waals surface area contributed by atoms with E-state index in [1.165, 1.54) is 0 Å². The van der Waals surface area contributed by atoms with Crippen molar-refractivity contribution in [2.45, 2.75) is 18.8 Å². The average molecular weight is 249 g/mol. The SMILES string of the molecule is Clc1nc(C2CCCOC2)c2ccccc2n1. The number of para-hydroxylation sites is 1. The third-order valence-corrected chi connectivity index (χ3v) is 3.32. The lowest BCUT2D eigenvalue weighted by Crippen LogP contribution is -2.17. The van der Waals surface area contributed by atoms with Gasteiger partial charge in [-0.25, -0.2) is 9.97 Å². The van der Waals surface area contributed by atoms with Crippen LogP contribution in [0.2, 0.25) is 5.28 Å². The van der Waals surface area contributed by atoms with Crippen LogP contribution in [0.25, 0.3) is 10.9 Å². The van der Waals surface area contributed by atoms with Crippen molar-refractivity contribution in [3.05, 3.63) is 35.2 Å². The number of hydrogen-bond acceptors (Lipinski definition) is 3. The summed E-state index contributed by atoms with van der Waals surface area (Å²) >= 11 is 5.98. The zero-order valence-corrected chi connectivity index (χ0v) is 10.2. The standard InChI is InChI=1S/C13H13ClN2O/c14-13-15-11-6-2-1-5-10(11)12(16-13)9-4-3-7-17-8-9/h1-2,5-6,9H,3-4,7-8H2. The van der Waals surface area contributed by atoms with Crippen molar-refractivity contribution in [3.63, 3.8) is 0 Å².